The Bertz CT molecular complexity index is 1290. The summed E-state index contributed by atoms with van der Waals surface area (Å²) >= 11 is 5.92. The van der Waals surface area contributed by atoms with Gasteiger partial charge in [0.25, 0.3) is 15.9 Å². The van der Waals surface area contributed by atoms with Gasteiger partial charge in [0.05, 0.1) is 23.7 Å². The summed E-state index contributed by atoms with van der Waals surface area (Å²) in [7, 11) is -3.94. The SMILES string of the molecule is Cc1ccc(C)c(OCCNC(=O)C2CN(S(=O)(=O)c3ccc(Cl)cc3)c3ccccc3O2)c1. The number of nitrogens with one attached hydrogen (secondary N) is 1. The Kier molecular flexibility index (Phi) is 7.00. The molecular formula is C25H25ClN2O5S. The fourth-order valence-electron chi connectivity index (χ4n) is 3.61. The molecule has 1 atom stereocenters. The number of aryl methyl sites for hydroxylation is 2. The van der Waals surface area contributed by atoms with Crippen molar-refractivity contribution in [2.75, 3.05) is 24.0 Å². The van der Waals surface area contributed by atoms with Crippen LogP contribution >= 0.6 is 11.6 Å². The highest BCUT2D eigenvalue weighted by Gasteiger charge is 2.37. The second-order valence-corrected chi connectivity index (χ2v) is 10.3. The first kappa shape index (κ1) is 23.9. The van der Waals surface area contributed by atoms with E-state index in [1.54, 1.807) is 24.3 Å². The van der Waals surface area contributed by atoms with Crippen LogP contribution in [0.5, 0.6) is 11.5 Å². The average molecular weight is 501 g/mol. The first-order valence-electron chi connectivity index (χ1n) is 10.8. The average Bonchev–Trinajstić information content (AvgIpc) is 2.83. The smallest absolute Gasteiger partial charge is 0.264 e. The molecule has 9 heteroatoms. The van der Waals surface area contributed by atoms with Crippen molar-refractivity contribution >= 4 is 33.2 Å². The summed E-state index contributed by atoms with van der Waals surface area (Å²) in [5.74, 6) is 0.658. The summed E-state index contributed by atoms with van der Waals surface area (Å²) in [6.07, 6.45) is -1.02. The fourth-order valence-corrected chi connectivity index (χ4v) is 5.21. The molecule has 0 saturated heterocycles. The van der Waals surface area contributed by atoms with Gasteiger partial charge in [-0.15, -0.1) is 0 Å². The largest absolute Gasteiger partial charge is 0.491 e. The van der Waals surface area contributed by atoms with Crippen LogP contribution in [-0.2, 0) is 14.8 Å². The molecule has 1 N–H and O–H groups in total. The lowest BCUT2D eigenvalue weighted by Gasteiger charge is -2.34. The van der Waals surface area contributed by atoms with E-state index in [4.69, 9.17) is 21.1 Å². The third-order valence-electron chi connectivity index (χ3n) is 5.43. The number of sulfonamides is 1. The lowest BCUT2D eigenvalue weighted by Crippen LogP contribution is -2.51. The van der Waals surface area contributed by atoms with Crippen molar-refractivity contribution in [2.45, 2.75) is 24.8 Å². The number of anilines is 1. The van der Waals surface area contributed by atoms with Crippen molar-refractivity contribution in [2.24, 2.45) is 0 Å². The highest BCUT2D eigenvalue weighted by atomic mass is 35.5. The maximum absolute atomic E-state index is 13.4. The number of fused-ring (bicyclic) bond motifs is 1. The highest BCUT2D eigenvalue weighted by Crippen LogP contribution is 2.37. The van der Waals surface area contributed by atoms with Crippen LogP contribution in [0.25, 0.3) is 0 Å². The van der Waals surface area contributed by atoms with E-state index in [-0.39, 0.29) is 24.6 Å². The topological polar surface area (TPSA) is 84.9 Å². The minimum absolute atomic E-state index is 0.0784. The number of ether oxygens (including phenoxy) is 2. The van der Waals surface area contributed by atoms with E-state index in [0.29, 0.717) is 16.5 Å². The van der Waals surface area contributed by atoms with E-state index in [1.807, 2.05) is 32.0 Å². The van der Waals surface area contributed by atoms with Gasteiger partial charge in [-0.05, 0) is 67.4 Å². The molecule has 7 nitrogen and oxygen atoms in total. The monoisotopic (exact) mass is 500 g/mol. The van der Waals surface area contributed by atoms with E-state index in [0.717, 1.165) is 16.9 Å². The van der Waals surface area contributed by atoms with E-state index in [9.17, 15) is 13.2 Å². The number of benzene rings is 3. The van der Waals surface area contributed by atoms with Crippen LogP contribution in [0.3, 0.4) is 0 Å². The van der Waals surface area contributed by atoms with E-state index in [2.05, 4.69) is 5.32 Å². The van der Waals surface area contributed by atoms with Crippen molar-refractivity contribution in [3.8, 4) is 11.5 Å². The number of amides is 1. The number of halogens is 1. The number of carbonyl (C=O) groups excluding carboxylic acids is 1. The second kappa shape index (κ2) is 9.95. The van der Waals surface area contributed by atoms with Crippen LogP contribution in [0.4, 0.5) is 5.69 Å². The van der Waals surface area contributed by atoms with Gasteiger partial charge in [-0.2, -0.15) is 0 Å². The van der Waals surface area contributed by atoms with Gasteiger partial charge in [0.15, 0.2) is 6.10 Å². The number of rotatable bonds is 7. The molecule has 3 aromatic carbocycles. The van der Waals surface area contributed by atoms with Crippen molar-refractivity contribution in [1.29, 1.82) is 0 Å². The van der Waals surface area contributed by atoms with Crippen LogP contribution in [0.15, 0.2) is 71.6 Å². The molecule has 1 aliphatic heterocycles. The van der Waals surface area contributed by atoms with E-state index < -0.39 is 22.0 Å². The minimum atomic E-state index is -3.94. The Labute approximate surface area is 204 Å². The summed E-state index contributed by atoms with van der Waals surface area (Å²) in [5.41, 5.74) is 2.47. The molecule has 4 rings (SSSR count). The number of nitrogens with zero attached hydrogens (tertiary/aromatic N) is 1. The summed E-state index contributed by atoms with van der Waals surface area (Å²) in [4.78, 5) is 12.9. The molecule has 1 aliphatic rings. The van der Waals surface area contributed by atoms with E-state index in [1.165, 1.54) is 28.6 Å². The third-order valence-corrected chi connectivity index (χ3v) is 7.48. The second-order valence-electron chi connectivity index (χ2n) is 7.97. The lowest BCUT2D eigenvalue weighted by atomic mass is 10.1. The predicted molar refractivity (Wildman–Crippen MR) is 131 cm³/mol. The molecule has 178 valence electrons. The van der Waals surface area contributed by atoms with Crippen molar-refractivity contribution in [1.82, 2.24) is 5.32 Å². The molecular weight excluding hydrogens is 476 g/mol. The summed E-state index contributed by atoms with van der Waals surface area (Å²) in [6, 6.07) is 18.6. The Hall–Kier alpha value is -3.23. The normalized spacial score (nSPS) is 15.3. The first-order chi connectivity index (χ1) is 16.3. The van der Waals surface area contributed by atoms with Crippen molar-refractivity contribution in [3.05, 3.63) is 82.9 Å². The van der Waals surface area contributed by atoms with Crippen LogP contribution < -0.4 is 19.1 Å². The van der Waals surface area contributed by atoms with Gasteiger partial charge in [0, 0.05) is 5.02 Å². The number of para-hydroxylation sites is 2. The molecule has 0 radical (unpaired) electrons. The van der Waals surface area contributed by atoms with Crippen LogP contribution in [0.1, 0.15) is 11.1 Å². The zero-order valence-electron chi connectivity index (χ0n) is 18.8. The summed E-state index contributed by atoms with van der Waals surface area (Å²) in [5, 5.41) is 3.21. The van der Waals surface area contributed by atoms with Gasteiger partial charge in [0.1, 0.15) is 18.1 Å². The van der Waals surface area contributed by atoms with E-state index >= 15 is 0 Å². The minimum Gasteiger partial charge on any atom is -0.491 e. The molecule has 0 saturated carbocycles. The Morgan fingerprint density at radius 3 is 2.62 bits per heavy atom. The Morgan fingerprint density at radius 1 is 1.12 bits per heavy atom. The number of carbonyl (C=O) groups is 1. The molecule has 1 heterocycles. The summed E-state index contributed by atoms with van der Waals surface area (Å²) in [6.45, 7) is 4.29. The highest BCUT2D eigenvalue weighted by molar-refractivity contribution is 7.92. The predicted octanol–water partition coefficient (Wildman–Crippen LogP) is 4.11. The van der Waals surface area contributed by atoms with Crippen molar-refractivity contribution < 1.29 is 22.7 Å². The van der Waals surface area contributed by atoms with Crippen LogP contribution in [-0.4, -0.2) is 40.1 Å². The molecule has 0 bridgehead atoms. The molecule has 0 spiro atoms. The Morgan fingerprint density at radius 2 is 1.85 bits per heavy atom. The Balaban J connectivity index is 1.46. The standard InChI is InChI=1S/C25H25ClN2O5S/c1-17-7-8-18(2)23(15-17)32-14-13-27-25(29)24-16-28(21-5-3-4-6-22(21)33-24)34(30,31)20-11-9-19(26)10-12-20/h3-12,15,24H,13-14,16H2,1-2H3,(H,27,29). The van der Waals surface area contributed by atoms with Crippen molar-refractivity contribution in [3.63, 3.8) is 0 Å². The fraction of sp³-hybridized carbons (Fsp3) is 0.240. The molecule has 0 fully saturated rings. The maximum Gasteiger partial charge on any atom is 0.264 e. The zero-order chi connectivity index (χ0) is 24.3. The summed E-state index contributed by atoms with van der Waals surface area (Å²) < 4.78 is 39.6. The van der Waals surface area contributed by atoms with Crippen LogP contribution in [0.2, 0.25) is 5.02 Å². The number of hydrogen-bond donors (Lipinski definition) is 1. The maximum atomic E-state index is 13.4. The lowest BCUT2D eigenvalue weighted by molar-refractivity contribution is -0.127. The molecule has 34 heavy (non-hydrogen) atoms. The van der Waals surface area contributed by atoms with Gasteiger partial charge in [0.2, 0.25) is 0 Å². The van der Waals surface area contributed by atoms with Crippen LogP contribution in [0, 0.1) is 13.8 Å². The molecule has 1 amide bonds. The molecule has 0 aromatic heterocycles. The molecule has 0 aliphatic carbocycles. The molecule has 3 aromatic rings. The van der Waals surface area contributed by atoms with Gasteiger partial charge in [-0.25, -0.2) is 8.42 Å². The first-order valence-corrected chi connectivity index (χ1v) is 12.6. The third kappa shape index (κ3) is 5.13. The van der Waals surface area contributed by atoms with Gasteiger partial charge < -0.3 is 14.8 Å². The van der Waals surface area contributed by atoms with Gasteiger partial charge in [-0.3, -0.25) is 9.10 Å². The van der Waals surface area contributed by atoms with Gasteiger partial charge >= 0.3 is 0 Å². The zero-order valence-corrected chi connectivity index (χ0v) is 20.4. The number of hydrogen-bond acceptors (Lipinski definition) is 5. The van der Waals surface area contributed by atoms with Gasteiger partial charge in [-0.1, -0.05) is 35.9 Å². The molecule has 1 unspecified atom stereocenters. The quantitative estimate of drug-likeness (QED) is 0.493.